The number of pyridine rings is 1. The van der Waals surface area contributed by atoms with Gasteiger partial charge < -0.3 is 0 Å². The molecule has 0 radical (unpaired) electrons. The molecule has 3 aromatic rings. The number of benzene rings is 2. The molecule has 0 atom stereocenters. The zero-order valence-corrected chi connectivity index (χ0v) is 12.6. The highest BCUT2D eigenvalue weighted by atomic mass is 14.7. The van der Waals surface area contributed by atoms with E-state index in [2.05, 4.69) is 66.9 Å². The highest BCUT2D eigenvalue weighted by molar-refractivity contribution is 5.74. The van der Waals surface area contributed by atoms with Crippen molar-refractivity contribution in [2.75, 3.05) is 0 Å². The van der Waals surface area contributed by atoms with Crippen molar-refractivity contribution in [2.24, 2.45) is 0 Å². The van der Waals surface area contributed by atoms with Gasteiger partial charge >= 0.3 is 0 Å². The second-order valence-corrected chi connectivity index (χ2v) is 5.92. The average molecular weight is 285 g/mol. The highest BCUT2D eigenvalue weighted by Gasteiger charge is 2.19. The Morgan fingerprint density at radius 1 is 0.636 bits per heavy atom. The minimum absolute atomic E-state index is 1.15. The molecule has 0 amide bonds. The molecule has 0 unspecified atom stereocenters. The summed E-state index contributed by atoms with van der Waals surface area (Å²) < 4.78 is 0. The maximum Gasteiger partial charge on any atom is 0.0737 e. The van der Waals surface area contributed by atoms with Gasteiger partial charge in [-0.2, -0.15) is 0 Å². The first-order chi connectivity index (χ1) is 10.9. The summed E-state index contributed by atoms with van der Waals surface area (Å²) >= 11 is 0. The molecule has 1 heteroatoms. The summed E-state index contributed by atoms with van der Waals surface area (Å²) in [5.74, 6) is 0. The maximum absolute atomic E-state index is 4.84. The van der Waals surface area contributed by atoms with Crippen LogP contribution in [0.15, 0.2) is 66.9 Å². The monoisotopic (exact) mass is 285 g/mol. The maximum atomic E-state index is 4.84. The predicted molar refractivity (Wildman–Crippen MR) is 91.8 cm³/mol. The van der Waals surface area contributed by atoms with E-state index in [1.165, 1.54) is 52.8 Å². The molecule has 0 fully saturated rings. The number of rotatable bonds is 2. The molecule has 4 rings (SSSR count). The molecule has 1 aromatic heterocycles. The van der Waals surface area contributed by atoms with Crippen LogP contribution in [0.3, 0.4) is 0 Å². The fourth-order valence-corrected chi connectivity index (χ4v) is 3.46. The predicted octanol–water partition coefficient (Wildman–Crippen LogP) is 5.29. The molecule has 2 aromatic carbocycles. The summed E-state index contributed by atoms with van der Waals surface area (Å²) in [5, 5.41) is 0. The first kappa shape index (κ1) is 13.3. The Bertz CT molecular complexity index is 707. The third-order valence-corrected chi connectivity index (χ3v) is 4.53. The van der Waals surface area contributed by atoms with Crippen LogP contribution >= 0.6 is 0 Å². The van der Waals surface area contributed by atoms with E-state index < -0.39 is 0 Å². The standard InChI is InChI=1S/C21H19N/c1-3-9-16(10-4-1)20-15-22-21(17-11-5-2-6-12-17)19-14-8-7-13-18(19)20/h1-6,9-12,15H,7-8,13-14H2. The van der Waals surface area contributed by atoms with Gasteiger partial charge in [0.2, 0.25) is 0 Å². The lowest BCUT2D eigenvalue weighted by molar-refractivity contribution is 0.685. The zero-order chi connectivity index (χ0) is 14.8. The summed E-state index contributed by atoms with van der Waals surface area (Å²) in [6.07, 6.45) is 6.94. The molecule has 1 heterocycles. The molecular formula is C21H19N. The number of hydrogen-bond donors (Lipinski definition) is 0. The van der Waals surface area contributed by atoms with Gasteiger partial charge in [-0.1, -0.05) is 60.7 Å². The minimum atomic E-state index is 1.15. The lowest BCUT2D eigenvalue weighted by Crippen LogP contribution is -2.08. The van der Waals surface area contributed by atoms with Crippen molar-refractivity contribution in [3.05, 3.63) is 78.0 Å². The molecule has 1 aliphatic carbocycles. The fraction of sp³-hybridized carbons (Fsp3) is 0.190. The normalized spacial score (nSPS) is 13.6. The van der Waals surface area contributed by atoms with Crippen molar-refractivity contribution < 1.29 is 0 Å². The van der Waals surface area contributed by atoms with E-state index in [0.29, 0.717) is 0 Å². The van der Waals surface area contributed by atoms with Gasteiger partial charge in [0.15, 0.2) is 0 Å². The number of fused-ring (bicyclic) bond motifs is 1. The first-order valence-electron chi connectivity index (χ1n) is 8.05. The second-order valence-electron chi connectivity index (χ2n) is 5.92. The Kier molecular flexibility index (Phi) is 3.48. The molecule has 108 valence electrons. The van der Waals surface area contributed by atoms with Crippen molar-refractivity contribution in [2.45, 2.75) is 25.7 Å². The molecule has 1 aliphatic rings. The molecule has 22 heavy (non-hydrogen) atoms. The van der Waals surface area contributed by atoms with Crippen LogP contribution in [0, 0.1) is 0 Å². The largest absolute Gasteiger partial charge is 0.255 e. The third kappa shape index (κ3) is 2.33. The molecule has 0 saturated carbocycles. The van der Waals surface area contributed by atoms with Gasteiger partial charge in [-0.05, 0) is 42.4 Å². The Balaban J connectivity index is 1.91. The molecule has 0 bridgehead atoms. The van der Waals surface area contributed by atoms with Crippen LogP contribution in [0.1, 0.15) is 24.0 Å². The van der Waals surface area contributed by atoms with Crippen LogP contribution in [0.5, 0.6) is 0 Å². The summed E-state index contributed by atoms with van der Waals surface area (Å²) in [6.45, 7) is 0. The summed E-state index contributed by atoms with van der Waals surface area (Å²) in [4.78, 5) is 4.84. The van der Waals surface area contributed by atoms with E-state index in [9.17, 15) is 0 Å². The van der Waals surface area contributed by atoms with Crippen molar-refractivity contribution in [1.29, 1.82) is 0 Å². The lowest BCUT2D eigenvalue weighted by Gasteiger charge is -2.22. The summed E-state index contributed by atoms with van der Waals surface area (Å²) in [5.41, 5.74) is 7.98. The van der Waals surface area contributed by atoms with E-state index >= 15 is 0 Å². The number of nitrogens with zero attached hydrogens (tertiary/aromatic N) is 1. The van der Waals surface area contributed by atoms with Crippen LogP contribution in [0.2, 0.25) is 0 Å². The van der Waals surface area contributed by atoms with Crippen LogP contribution in [-0.4, -0.2) is 4.98 Å². The van der Waals surface area contributed by atoms with Gasteiger partial charge in [0.1, 0.15) is 0 Å². The van der Waals surface area contributed by atoms with Gasteiger partial charge in [0.05, 0.1) is 5.69 Å². The van der Waals surface area contributed by atoms with Crippen LogP contribution < -0.4 is 0 Å². The average Bonchev–Trinajstić information content (AvgIpc) is 2.62. The number of aromatic nitrogens is 1. The van der Waals surface area contributed by atoms with Gasteiger partial charge in [-0.3, -0.25) is 4.98 Å². The van der Waals surface area contributed by atoms with E-state index in [4.69, 9.17) is 4.98 Å². The van der Waals surface area contributed by atoms with E-state index in [1.807, 2.05) is 0 Å². The van der Waals surface area contributed by atoms with E-state index in [1.54, 1.807) is 0 Å². The second kappa shape index (κ2) is 5.76. The van der Waals surface area contributed by atoms with E-state index in [-0.39, 0.29) is 0 Å². The molecule has 0 aliphatic heterocycles. The summed E-state index contributed by atoms with van der Waals surface area (Å²) in [7, 11) is 0. The smallest absolute Gasteiger partial charge is 0.0737 e. The first-order valence-corrected chi connectivity index (χ1v) is 8.05. The molecule has 1 nitrogen and oxygen atoms in total. The Morgan fingerprint density at radius 3 is 1.91 bits per heavy atom. The third-order valence-electron chi connectivity index (χ3n) is 4.53. The van der Waals surface area contributed by atoms with Crippen molar-refractivity contribution >= 4 is 0 Å². The van der Waals surface area contributed by atoms with Gasteiger partial charge in [-0.25, -0.2) is 0 Å². The van der Waals surface area contributed by atoms with Crippen molar-refractivity contribution in [1.82, 2.24) is 4.98 Å². The topological polar surface area (TPSA) is 12.9 Å². The van der Waals surface area contributed by atoms with Gasteiger partial charge in [0, 0.05) is 17.3 Å². The quantitative estimate of drug-likeness (QED) is 0.623. The zero-order valence-electron chi connectivity index (χ0n) is 12.6. The molecule has 0 N–H and O–H groups in total. The fourth-order valence-electron chi connectivity index (χ4n) is 3.46. The highest BCUT2D eigenvalue weighted by Crippen LogP contribution is 2.36. The molecule has 0 saturated heterocycles. The van der Waals surface area contributed by atoms with Crippen LogP contribution in [-0.2, 0) is 12.8 Å². The minimum Gasteiger partial charge on any atom is -0.255 e. The van der Waals surface area contributed by atoms with Gasteiger partial charge in [-0.15, -0.1) is 0 Å². The molecule has 0 spiro atoms. The van der Waals surface area contributed by atoms with Crippen LogP contribution in [0.25, 0.3) is 22.4 Å². The van der Waals surface area contributed by atoms with Crippen molar-refractivity contribution in [3.8, 4) is 22.4 Å². The van der Waals surface area contributed by atoms with E-state index in [0.717, 1.165) is 6.42 Å². The Hall–Kier alpha value is -2.41. The summed E-state index contributed by atoms with van der Waals surface area (Å²) in [6, 6.07) is 21.2. The van der Waals surface area contributed by atoms with Gasteiger partial charge in [0.25, 0.3) is 0 Å². The van der Waals surface area contributed by atoms with Crippen LogP contribution in [0.4, 0.5) is 0 Å². The Labute approximate surface area is 131 Å². The molecular weight excluding hydrogens is 266 g/mol. The lowest BCUT2D eigenvalue weighted by atomic mass is 9.84. The Morgan fingerprint density at radius 2 is 1.23 bits per heavy atom. The van der Waals surface area contributed by atoms with Crippen molar-refractivity contribution in [3.63, 3.8) is 0 Å². The SMILES string of the molecule is c1ccc(-c2cnc(-c3ccccc3)c3c2CCCC3)cc1. The number of hydrogen-bond acceptors (Lipinski definition) is 1.